The first-order valence-electron chi connectivity index (χ1n) is 4.90. The average Bonchev–Trinajstić information content (AvgIpc) is 2.04. The molecule has 2 unspecified atom stereocenters. The molecule has 4 N–H and O–H groups in total. The number of aliphatic hydroxyl groups is 2. The molecule has 0 radical (unpaired) electrons. The molecule has 0 aliphatic heterocycles. The van der Waals surface area contributed by atoms with Crippen molar-refractivity contribution in [2.45, 2.75) is 51.5 Å². The molecule has 0 heterocycles. The van der Waals surface area contributed by atoms with Crippen LogP contribution in [0.1, 0.15) is 39.0 Å². The minimum atomic E-state index is -0.845. The van der Waals surface area contributed by atoms with Crippen LogP contribution in [0.3, 0.4) is 0 Å². The second-order valence-corrected chi connectivity index (χ2v) is 3.18. The van der Waals surface area contributed by atoms with E-state index in [4.69, 9.17) is 15.6 Å². The first-order chi connectivity index (χ1) is 6.16. The van der Waals surface area contributed by atoms with Gasteiger partial charge in [0, 0.05) is 6.42 Å². The van der Waals surface area contributed by atoms with Crippen molar-refractivity contribution in [1.82, 2.24) is 0 Å². The average molecular weight is 191 g/mol. The van der Waals surface area contributed by atoms with Gasteiger partial charge in [-0.2, -0.15) is 0 Å². The highest BCUT2D eigenvalue weighted by Gasteiger charge is 2.04. The molecule has 0 rings (SSSR count). The summed E-state index contributed by atoms with van der Waals surface area (Å²) in [6.07, 6.45) is 2.70. The quantitative estimate of drug-likeness (QED) is 0.387. The van der Waals surface area contributed by atoms with E-state index in [0.717, 1.165) is 19.3 Å². The molecule has 0 aliphatic rings. The lowest BCUT2D eigenvalue weighted by molar-refractivity contribution is -0.109. The molecule has 80 valence electrons. The van der Waals surface area contributed by atoms with Crippen molar-refractivity contribution in [3.05, 3.63) is 0 Å². The Morgan fingerprint density at radius 3 is 2.46 bits per heavy atom. The Morgan fingerprint density at radius 1 is 1.23 bits per heavy atom. The number of aliphatic hydroxyl groups excluding tert-OH is 2. The fourth-order valence-electron chi connectivity index (χ4n) is 0.977. The molecule has 2 atom stereocenters. The van der Waals surface area contributed by atoms with Crippen LogP contribution in [0.5, 0.6) is 0 Å². The normalized spacial score (nSPS) is 15.7. The van der Waals surface area contributed by atoms with E-state index in [0.29, 0.717) is 19.4 Å². The molecular weight excluding hydrogens is 170 g/mol. The topological polar surface area (TPSA) is 75.7 Å². The lowest BCUT2D eigenvalue weighted by atomic mass is 10.2. The summed E-state index contributed by atoms with van der Waals surface area (Å²) >= 11 is 0. The van der Waals surface area contributed by atoms with Gasteiger partial charge in [0.1, 0.15) is 6.23 Å². The molecule has 4 nitrogen and oxygen atoms in total. The van der Waals surface area contributed by atoms with Crippen molar-refractivity contribution in [3.8, 4) is 0 Å². The van der Waals surface area contributed by atoms with Crippen LogP contribution in [0.4, 0.5) is 0 Å². The Hall–Kier alpha value is -0.160. The SMILES string of the molecule is CCCCCC(O)OCCC(N)O. The number of unbranched alkanes of at least 4 members (excludes halogenated alkanes) is 2. The summed E-state index contributed by atoms with van der Waals surface area (Å²) in [5, 5.41) is 17.9. The molecule has 0 saturated heterocycles. The van der Waals surface area contributed by atoms with Crippen molar-refractivity contribution in [1.29, 1.82) is 0 Å². The van der Waals surface area contributed by atoms with Gasteiger partial charge in [0.2, 0.25) is 0 Å². The molecule has 0 aliphatic carbocycles. The van der Waals surface area contributed by atoms with E-state index in [-0.39, 0.29) is 0 Å². The first kappa shape index (κ1) is 12.8. The predicted molar refractivity (Wildman–Crippen MR) is 50.9 cm³/mol. The van der Waals surface area contributed by atoms with Crippen molar-refractivity contribution < 1.29 is 14.9 Å². The highest BCUT2D eigenvalue weighted by molar-refractivity contribution is 4.47. The maximum atomic E-state index is 9.24. The fourth-order valence-corrected chi connectivity index (χ4v) is 0.977. The van der Waals surface area contributed by atoms with E-state index in [1.807, 2.05) is 0 Å². The van der Waals surface area contributed by atoms with Gasteiger partial charge in [-0.25, -0.2) is 0 Å². The van der Waals surface area contributed by atoms with Gasteiger partial charge in [-0.15, -0.1) is 0 Å². The van der Waals surface area contributed by atoms with Crippen LogP contribution >= 0.6 is 0 Å². The molecule has 0 bridgehead atoms. The number of rotatable bonds is 8. The van der Waals surface area contributed by atoms with Crippen LogP contribution < -0.4 is 5.73 Å². The molecule has 4 heteroatoms. The lowest BCUT2D eigenvalue weighted by Gasteiger charge is -2.12. The monoisotopic (exact) mass is 191 g/mol. The fraction of sp³-hybridized carbons (Fsp3) is 1.00. The van der Waals surface area contributed by atoms with E-state index in [1.54, 1.807) is 0 Å². The molecule has 13 heavy (non-hydrogen) atoms. The number of hydrogen-bond acceptors (Lipinski definition) is 4. The van der Waals surface area contributed by atoms with Crippen LogP contribution in [0.2, 0.25) is 0 Å². The third kappa shape index (κ3) is 9.76. The van der Waals surface area contributed by atoms with Gasteiger partial charge >= 0.3 is 0 Å². The lowest BCUT2D eigenvalue weighted by Crippen LogP contribution is -2.22. The van der Waals surface area contributed by atoms with Gasteiger partial charge in [-0.05, 0) is 12.8 Å². The Morgan fingerprint density at radius 2 is 1.92 bits per heavy atom. The summed E-state index contributed by atoms with van der Waals surface area (Å²) < 4.78 is 5.01. The molecule has 0 aromatic carbocycles. The second-order valence-electron chi connectivity index (χ2n) is 3.18. The van der Waals surface area contributed by atoms with Crippen molar-refractivity contribution in [2.24, 2.45) is 5.73 Å². The summed E-state index contributed by atoms with van der Waals surface area (Å²) in [6.45, 7) is 2.42. The molecule has 0 amide bonds. The van der Waals surface area contributed by atoms with Gasteiger partial charge in [0.25, 0.3) is 0 Å². The van der Waals surface area contributed by atoms with Crippen LogP contribution in [0.15, 0.2) is 0 Å². The van der Waals surface area contributed by atoms with Crippen molar-refractivity contribution in [3.63, 3.8) is 0 Å². The number of ether oxygens (including phenoxy) is 1. The second kappa shape index (κ2) is 8.44. The molecule has 0 aromatic heterocycles. The van der Waals surface area contributed by atoms with Crippen LogP contribution in [0.25, 0.3) is 0 Å². The summed E-state index contributed by atoms with van der Waals surface area (Å²) in [4.78, 5) is 0. The minimum Gasteiger partial charge on any atom is -0.379 e. The zero-order valence-electron chi connectivity index (χ0n) is 8.28. The summed E-state index contributed by atoms with van der Waals surface area (Å²) in [7, 11) is 0. The van der Waals surface area contributed by atoms with E-state index < -0.39 is 12.5 Å². The Labute approximate surface area is 79.7 Å². The number of hydrogen-bond donors (Lipinski definition) is 3. The van der Waals surface area contributed by atoms with Gasteiger partial charge in [-0.3, -0.25) is 0 Å². The van der Waals surface area contributed by atoms with Crippen molar-refractivity contribution >= 4 is 0 Å². The Bertz CT molecular complexity index is 109. The van der Waals surface area contributed by atoms with E-state index >= 15 is 0 Å². The van der Waals surface area contributed by atoms with Crippen LogP contribution in [-0.2, 0) is 4.74 Å². The van der Waals surface area contributed by atoms with Crippen LogP contribution in [-0.4, -0.2) is 29.3 Å². The molecule has 0 saturated carbocycles. The maximum absolute atomic E-state index is 9.24. The minimum absolute atomic E-state index is 0.310. The highest BCUT2D eigenvalue weighted by atomic mass is 16.6. The van der Waals surface area contributed by atoms with E-state index in [1.165, 1.54) is 0 Å². The number of nitrogens with two attached hydrogens (primary N) is 1. The Balaban J connectivity index is 3.15. The maximum Gasteiger partial charge on any atom is 0.154 e. The largest absolute Gasteiger partial charge is 0.379 e. The van der Waals surface area contributed by atoms with Gasteiger partial charge in [0.05, 0.1) is 6.61 Å². The van der Waals surface area contributed by atoms with E-state index in [9.17, 15) is 5.11 Å². The third-order valence-corrected chi connectivity index (χ3v) is 1.78. The van der Waals surface area contributed by atoms with Gasteiger partial charge < -0.3 is 20.7 Å². The standard InChI is InChI=1S/C9H21NO3/c1-2-3-4-5-9(12)13-7-6-8(10)11/h8-9,11-12H,2-7,10H2,1H3. The van der Waals surface area contributed by atoms with Gasteiger partial charge in [-0.1, -0.05) is 19.8 Å². The van der Waals surface area contributed by atoms with Gasteiger partial charge in [0.15, 0.2) is 6.29 Å². The molecular formula is C9H21NO3. The zero-order valence-corrected chi connectivity index (χ0v) is 8.28. The first-order valence-corrected chi connectivity index (χ1v) is 4.90. The Kier molecular flexibility index (Phi) is 8.33. The smallest absolute Gasteiger partial charge is 0.154 e. The zero-order chi connectivity index (χ0) is 10.1. The molecule has 0 fully saturated rings. The third-order valence-electron chi connectivity index (χ3n) is 1.78. The predicted octanol–water partition coefficient (Wildman–Crippen LogP) is 0.569. The summed E-state index contributed by atoms with van der Waals surface area (Å²) in [6, 6.07) is 0. The van der Waals surface area contributed by atoms with E-state index in [2.05, 4.69) is 6.92 Å². The summed E-state index contributed by atoms with van der Waals surface area (Å²) in [5.41, 5.74) is 5.09. The molecule has 0 spiro atoms. The molecule has 0 aromatic rings. The van der Waals surface area contributed by atoms with Crippen molar-refractivity contribution in [2.75, 3.05) is 6.61 Å². The van der Waals surface area contributed by atoms with Crippen LogP contribution in [0, 0.1) is 0 Å². The summed E-state index contributed by atoms with van der Waals surface area (Å²) in [5.74, 6) is 0. The highest BCUT2D eigenvalue weighted by Crippen LogP contribution is 2.04.